The van der Waals surface area contributed by atoms with E-state index in [0.717, 1.165) is 11.3 Å². The van der Waals surface area contributed by atoms with Gasteiger partial charge in [-0.05, 0) is 42.7 Å². The molecule has 0 atom stereocenters. The van der Waals surface area contributed by atoms with Gasteiger partial charge in [0.2, 0.25) is 11.7 Å². The Balaban J connectivity index is 1.55. The normalized spacial score (nSPS) is 13.9. The van der Waals surface area contributed by atoms with E-state index in [1.165, 1.54) is 21.3 Å². The molecule has 0 spiro atoms. The maximum absolute atomic E-state index is 13.0. The van der Waals surface area contributed by atoms with Gasteiger partial charge in [-0.25, -0.2) is 0 Å². The zero-order chi connectivity index (χ0) is 23.1. The fraction of sp³-hybridized carbons (Fsp3) is 0.417. The van der Waals surface area contributed by atoms with Crippen LogP contribution >= 0.6 is 0 Å². The van der Waals surface area contributed by atoms with Crippen LogP contribution in [0.2, 0.25) is 0 Å². The molecule has 2 aromatic rings. The maximum atomic E-state index is 13.0. The van der Waals surface area contributed by atoms with Gasteiger partial charge in [-0.15, -0.1) is 0 Å². The lowest BCUT2D eigenvalue weighted by Crippen LogP contribution is -2.46. The van der Waals surface area contributed by atoms with Crippen molar-refractivity contribution >= 4 is 11.8 Å². The molecule has 1 saturated heterocycles. The quantitative estimate of drug-likeness (QED) is 0.677. The first-order valence-corrected chi connectivity index (χ1v) is 10.5. The zero-order valence-corrected chi connectivity index (χ0v) is 19.0. The number of hydrogen-bond donors (Lipinski definition) is 1. The van der Waals surface area contributed by atoms with Crippen molar-refractivity contribution < 1.29 is 28.5 Å². The highest BCUT2D eigenvalue weighted by molar-refractivity contribution is 5.95. The number of carbonyl (C=O) groups excluding carboxylic acids is 2. The van der Waals surface area contributed by atoms with Gasteiger partial charge in [-0.1, -0.05) is 12.1 Å². The van der Waals surface area contributed by atoms with E-state index in [-0.39, 0.29) is 17.9 Å². The highest BCUT2D eigenvalue weighted by Crippen LogP contribution is 2.38. The molecule has 0 aliphatic carbocycles. The fourth-order valence-electron chi connectivity index (χ4n) is 3.82. The van der Waals surface area contributed by atoms with Crippen LogP contribution in [-0.2, 0) is 11.2 Å². The Morgan fingerprint density at radius 2 is 1.50 bits per heavy atom. The summed E-state index contributed by atoms with van der Waals surface area (Å²) in [5.74, 6) is 1.96. The molecule has 0 aromatic heterocycles. The Kier molecular flexibility index (Phi) is 7.81. The Labute approximate surface area is 188 Å². The van der Waals surface area contributed by atoms with Crippen LogP contribution in [0, 0.1) is 0 Å². The van der Waals surface area contributed by atoms with E-state index in [9.17, 15) is 9.59 Å². The lowest BCUT2D eigenvalue weighted by atomic mass is 10.0. The number of likely N-dealkylation sites (tertiary alicyclic amines) is 1. The van der Waals surface area contributed by atoms with E-state index in [4.69, 9.17) is 18.9 Å². The minimum Gasteiger partial charge on any atom is -0.497 e. The second-order valence-electron chi connectivity index (χ2n) is 7.57. The van der Waals surface area contributed by atoms with E-state index < -0.39 is 0 Å². The summed E-state index contributed by atoms with van der Waals surface area (Å²) in [5, 5.41) is 3.08. The molecule has 0 unspecified atom stereocenters. The van der Waals surface area contributed by atoms with Gasteiger partial charge < -0.3 is 29.2 Å². The summed E-state index contributed by atoms with van der Waals surface area (Å²) in [6.45, 7) is 1.12. The monoisotopic (exact) mass is 442 g/mol. The largest absolute Gasteiger partial charge is 0.497 e. The smallest absolute Gasteiger partial charge is 0.254 e. The second kappa shape index (κ2) is 10.7. The summed E-state index contributed by atoms with van der Waals surface area (Å²) in [4.78, 5) is 27.2. The SMILES string of the molecule is COc1ccc(CC(=O)NC2CCN(C(=O)c3cc(OC)c(OC)c(OC)c3)CC2)cc1. The molecule has 32 heavy (non-hydrogen) atoms. The van der Waals surface area contributed by atoms with Crippen LogP contribution in [0.1, 0.15) is 28.8 Å². The van der Waals surface area contributed by atoms with Crippen LogP contribution in [0.4, 0.5) is 0 Å². The van der Waals surface area contributed by atoms with Gasteiger partial charge in [-0.3, -0.25) is 9.59 Å². The number of nitrogens with one attached hydrogen (secondary N) is 1. The van der Waals surface area contributed by atoms with Crippen molar-refractivity contribution in [2.24, 2.45) is 0 Å². The molecule has 1 fully saturated rings. The molecule has 1 heterocycles. The van der Waals surface area contributed by atoms with Crippen LogP contribution in [-0.4, -0.2) is 64.3 Å². The van der Waals surface area contributed by atoms with Gasteiger partial charge in [0.25, 0.3) is 5.91 Å². The van der Waals surface area contributed by atoms with Gasteiger partial charge in [0.15, 0.2) is 11.5 Å². The number of carbonyl (C=O) groups is 2. The van der Waals surface area contributed by atoms with Crippen LogP contribution in [0.3, 0.4) is 0 Å². The first-order chi connectivity index (χ1) is 15.5. The molecule has 8 heteroatoms. The molecule has 172 valence electrons. The number of rotatable bonds is 8. The minimum absolute atomic E-state index is 0.0235. The third-order valence-corrected chi connectivity index (χ3v) is 5.58. The van der Waals surface area contributed by atoms with Gasteiger partial charge in [0.05, 0.1) is 34.9 Å². The van der Waals surface area contributed by atoms with Crippen molar-refractivity contribution in [3.05, 3.63) is 47.5 Å². The van der Waals surface area contributed by atoms with Crippen LogP contribution in [0.25, 0.3) is 0 Å². The van der Waals surface area contributed by atoms with Crippen molar-refractivity contribution in [3.8, 4) is 23.0 Å². The predicted octanol–water partition coefficient (Wildman–Crippen LogP) is 2.68. The molecule has 8 nitrogen and oxygen atoms in total. The lowest BCUT2D eigenvalue weighted by molar-refractivity contribution is -0.121. The van der Waals surface area contributed by atoms with Crippen molar-refractivity contribution in [1.29, 1.82) is 0 Å². The summed E-state index contributed by atoms with van der Waals surface area (Å²) < 4.78 is 21.2. The highest BCUT2D eigenvalue weighted by atomic mass is 16.5. The summed E-state index contributed by atoms with van der Waals surface area (Å²) in [6.07, 6.45) is 1.71. The molecule has 0 saturated carbocycles. The third kappa shape index (κ3) is 5.43. The van der Waals surface area contributed by atoms with Crippen LogP contribution in [0.15, 0.2) is 36.4 Å². The van der Waals surface area contributed by atoms with E-state index in [1.54, 1.807) is 24.1 Å². The van der Waals surface area contributed by atoms with Gasteiger partial charge in [-0.2, -0.15) is 0 Å². The van der Waals surface area contributed by atoms with E-state index in [2.05, 4.69) is 5.32 Å². The summed E-state index contributed by atoms with van der Waals surface area (Å²) >= 11 is 0. The standard InChI is InChI=1S/C24H30N2O6/c1-29-19-7-5-16(6-8-19)13-22(27)25-18-9-11-26(12-10-18)24(28)17-14-20(30-2)23(32-4)21(15-17)31-3/h5-8,14-15,18H,9-13H2,1-4H3,(H,25,27). The number of nitrogens with zero attached hydrogens (tertiary/aromatic N) is 1. The molecule has 3 rings (SSSR count). The topological polar surface area (TPSA) is 86.3 Å². The average Bonchev–Trinajstić information content (AvgIpc) is 2.83. The van der Waals surface area contributed by atoms with E-state index in [0.29, 0.717) is 55.2 Å². The zero-order valence-electron chi connectivity index (χ0n) is 19.0. The Bertz CT molecular complexity index is 911. The van der Waals surface area contributed by atoms with Crippen LogP contribution in [0.5, 0.6) is 23.0 Å². The number of ether oxygens (including phenoxy) is 4. The van der Waals surface area contributed by atoms with Gasteiger partial charge in [0, 0.05) is 24.7 Å². The summed E-state index contributed by atoms with van der Waals surface area (Å²) in [5.41, 5.74) is 1.40. The van der Waals surface area contributed by atoms with Crippen molar-refractivity contribution in [2.75, 3.05) is 41.5 Å². The molecule has 0 bridgehead atoms. The predicted molar refractivity (Wildman–Crippen MR) is 120 cm³/mol. The molecule has 2 amide bonds. The highest BCUT2D eigenvalue weighted by Gasteiger charge is 2.26. The molecule has 1 aliphatic rings. The Morgan fingerprint density at radius 1 is 0.906 bits per heavy atom. The van der Waals surface area contributed by atoms with Crippen molar-refractivity contribution in [2.45, 2.75) is 25.3 Å². The second-order valence-corrected chi connectivity index (χ2v) is 7.57. The summed E-state index contributed by atoms with van der Waals surface area (Å²) in [6, 6.07) is 10.8. The first-order valence-electron chi connectivity index (χ1n) is 10.5. The van der Waals surface area contributed by atoms with Crippen molar-refractivity contribution in [1.82, 2.24) is 10.2 Å². The minimum atomic E-state index is -0.104. The first kappa shape index (κ1) is 23.2. The van der Waals surface area contributed by atoms with Crippen molar-refractivity contribution in [3.63, 3.8) is 0 Å². The van der Waals surface area contributed by atoms with Crippen LogP contribution < -0.4 is 24.3 Å². The number of hydrogen-bond acceptors (Lipinski definition) is 6. The van der Waals surface area contributed by atoms with Gasteiger partial charge >= 0.3 is 0 Å². The number of benzene rings is 2. The molecule has 1 N–H and O–H groups in total. The van der Waals surface area contributed by atoms with E-state index >= 15 is 0 Å². The average molecular weight is 443 g/mol. The number of methoxy groups -OCH3 is 4. The summed E-state index contributed by atoms with van der Waals surface area (Å²) in [7, 11) is 6.17. The number of piperidine rings is 1. The molecule has 0 radical (unpaired) electrons. The molecule has 1 aliphatic heterocycles. The molecular formula is C24H30N2O6. The Morgan fingerprint density at radius 3 is 2.00 bits per heavy atom. The molecule has 2 aromatic carbocycles. The van der Waals surface area contributed by atoms with E-state index in [1.807, 2.05) is 24.3 Å². The lowest BCUT2D eigenvalue weighted by Gasteiger charge is -2.32. The number of amides is 2. The fourth-order valence-corrected chi connectivity index (χ4v) is 3.82. The maximum Gasteiger partial charge on any atom is 0.254 e. The Hall–Kier alpha value is -3.42. The van der Waals surface area contributed by atoms with Gasteiger partial charge in [0.1, 0.15) is 5.75 Å². The third-order valence-electron chi connectivity index (χ3n) is 5.58. The molecular weight excluding hydrogens is 412 g/mol.